The van der Waals surface area contributed by atoms with E-state index in [-0.39, 0.29) is 48.8 Å². The van der Waals surface area contributed by atoms with Gasteiger partial charge in [-0.15, -0.1) is 11.3 Å². The number of phenols is 1. The minimum Gasteiger partial charge on any atom is -0.508 e. The van der Waals surface area contributed by atoms with Crippen LogP contribution in [0.5, 0.6) is 11.5 Å². The van der Waals surface area contributed by atoms with Crippen LogP contribution in [0.3, 0.4) is 0 Å². The molecule has 57 heavy (non-hydrogen) atoms. The molecule has 2 aliphatic carbocycles. The van der Waals surface area contributed by atoms with E-state index >= 15 is 4.79 Å². The molecule has 0 radical (unpaired) electrons. The van der Waals surface area contributed by atoms with Gasteiger partial charge in [0.25, 0.3) is 0 Å². The molecule has 9 rings (SSSR count). The van der Waals surface area contributed by atoms with E-state index in [2.05, 4.69) is 0 Å². The molecule has 2 aromatic carbocycles. The number of aryl methyl sites for hydroxylation is 2. The molecule has 6 atom stereocenters. The number of ether oxygens (including phenoxy) is 1. The highest BCUT2D eigenvalue weighted by molar-refractivity contribution is 7.22. The van der Waals surface area contributed by atoms with E-state index in [9.17, 15) is 24.3 Å². The van der Waals surface area contributed by atoms with Crippen LogP contribution in [0.25, 0.3) is 20.7 Å². The van der Waals surface area contributed by atoms with Crippen LogP contribution in [-0.4, -0.2) is 61.0 Å². The van der Waals surface area contributed by atoms with Gasteiger partial charge in [0.15, 0.2) is 0 Å². The number of halogens is 1. The molecule has 14 heteroatoms. The highest BCUT2D eigenvalue weighted by Gasteiger charge is 2.68. The molecule has 3 fully saturated rings. The number of anilines is 1. The highest BCUT2D eigenvalue weighted by Crippen LogP contribution is 2.63. The van der Waals surface area contributed by atoms with E-state index in [0.717, 1.165) is 37.2 Å². The number of fused-ring (bicyclic) bond motifs is 6. The third-order valence-corrected chi connectivity index (χ3v) is 14.5. The number of carboxylic acid groups (broad SMARTS) is 1. The number of thiophene rings is 1. The summed E-state index contributed by atoms with van der Waals surface area (Å²) in [5.74, 6) is -4.44. The molecule has 12 nitrogen and oxygen atoms in total. The maximum Gasteiger partial charge on any atom is 0.303 e. The Morgan fingerprint density at radius 3 is 2.63 bits per heavy atom. The molecule has 2 aromatic heterocycles. The number of benzene rings is 2. The zero-order valence-electron chi connectivity index (χ0n) is 31.7. The molecule has 0 bridgehead atoms. The highest BCUT2D eigenvalue weighted by atomic mass is 35.5. The first-order valence-corrected chi connectivity index (χ1v) is 20.5. The summed E-state index contributed by atoms with van der Waals surface area (Å²) in [6.45, 7) is 4.05. The second-order valence-electron chi connectivity index (χ2n) is 16.2. The monoisotopic (exact) mass is 808 g/mol. The predicted molar refractivity (Wildman–Crippen MR) is 212 cm³/mol. The van der Waals surface area contributed by atoms with Crippen LogP contribution in [0.4, 0.5) is 5.82 Å². The van der Waals surface area contributed by atoms with E-state index in [1.807, 2.05) is 38.1 Å². The first-order chi connectivity index (χ1) is 27.3. The van der Waals surface area contributed by atoms with Gasteiger partial charge in [0, 0.05) is 53.7 Å². The third-order valence-electron chi connectivity index (χ3n) is 13.0. The summed E-state index contributed by atoms with van der Waals surface area (Å²) in [6.07, 6.45) is 6.07. The number of imide groups is 2. The van der Waals surface area contributed by atoms with Gasteiger partial charge in [0.05, 0.1) is 34.3 Å². The fourth-order valence-electron chi connectivity index (χ4n) is 10.3. The van der Waals surface area contributed by atoms with Crippen molar-refractivity contribution in [3.8, 4) is 22.1 Å². The molecule has 4 amide bonds. The maximum absolute atomic E-state index is 15.2. The average molecular weight is 809 g/mol. The number of carboxylic acids is 1. The molecule has 5 aliphatic rings. The van der Waals surface area contributed by atoms with Gasteiger partial charge in [-0.2, -0.15) is 5.10 Å². The van der Waals surface area contributed by atoms with Crippen molar-refractivity contribution in [1.82, 2.24) is 14.7 Å². The minimum atomic E-state index is -1.28. The van der Waals surface area contributed by atoms with Crippen molar-refractivity contribution in [2.24, 2.45) is 42.1 Å². The van der Waals surface area contributed by atoms with E-state index in [1.54, 1.807) is 53.6 Å². The van der Waals surface area contributed by atoms with E-state index in [4.69, 9.17) is 26.5 Å². The summed E-state index contributed by atoms with van der Waals surface area (Å²) in [5, 5.41) is 25.9. The average Bonchev–Trinajstić information content (AvgIpc) is 3.84. The van der Waals surface area contributed by atoms with Gasteiger partial charge in [0.1, 0.15) is 23.0 Å². The van der Waals surface area contributed by atoms with Crippen molar-refractivity contribution in [3.05, 3.63) is 82.1 Å². The fraction of sp³-hybridized carbons (Fsp3) is 0.395. The van der Waals surface area contributed by atoms with Crippen molar-refractivity contribution in [1.29, 1.82) is 0 Å². The van der Waals surface area contributed by atoms with Crippen LogP contribution >= 0.6 is 22.9 Å². The number of nitrogens with zero attached hydrogens (tertiary/aromatic N) is 4. The number of amides is 4. The van der Waals surface area contributed by atoms with Gasteiger partial charge in [0.2, 0.25) is 23.6 Å². The Kier molecular flexibility index (Phi) is 8.96. The number of aliphatic carboxylic acids is 1. The van der Waals surface area contributed by atoms with Gasteiger partial charge in [-0.05, 0) is 98.4 Å². The number of rotatable bonds is 9. The molecule has 1 saturated carbocycles. The number of carbonyl (C=O) groups is 5. The van der Waals surface area contributed by atoms with Gasteiger partial charge in [-0.25, -0.2) is 4.90 Å². The van der Waals surface area contributed by atoms with Gasteiger partial charge in [-0.1, -0.05) is 29.7 Å². The Morgan fingerprint density at radius 1 is 1.04 bits per heavy atom. The van der Waals surface area contributed by atoms with E-state index < -0.39 is 41.0 Å². The third kappa shape index (κ3) is 5.75. The zero-order valence-corrected chi connectivity index (χ0v) is 33.2. The Balaban J connectivity index is 1.09. The smallest absolute Gasteiger partial charge is 0.303 e. The number of aromatic hydroxyl groups is 1. The van der Waals surface area contributed by atoms with Gasteiger partial charge >= 0.3 is 5.97 Å². The molecule has 0 unspecified atom stereocenters. The van der Waals surface area contributed by atoms with Crippen molar-refractivity contribution >= 4 is 68.4 Å². The SMILES string of the molecule is Cc1c(-c2cc(N3C(=O)[C@@H]4C[C@@H]5C(=CC[C@@H]6C(=O)N(CCCCCC(=O)O)C(=O)[C@@H]65)[C@H](C5=COc6ccc(O)cc6C5)[C@]4(C)C3=O)n(C)n2)sc2ccc(Cl)cc12. The number of hydrogen-bond acceptors (Lipinski definition) is 9. The lowest BCUT2D eigenvalue weighted by molar-refractivity contribution is -0.141. The molecule has 0 spiro atoms. The Labute approximate surface area is 337 Å². The summed E-state index contributed by atoms with van der Waals surface area (Å²) in [7, 11) is 1.72. The number of carbonyl (C=O) groups excluding carboxylic acids is 4. The van der Waals surface area contributed by atoms with E-state index in [0.29, 0.717) is 54.4 Å². The number of likely N-dealkylation sites (tertiary alicyclic amines) is 1. The largest absolute Gasteiger partial charge is 0.508 e. The number of aromatic nitrogens is 2. The summed E-state index contributed by atoms with van der Waals surface area (Å²) in [6, 6.07) is 12.4. The molecule has 2 N–H and O–H groups in total. The van der Waals surface area contributed by atoms with E-state index in [1.165, 1.54) is 9.80 Å². The number of allylic oxidation sites excluding steroid dienone is 3. The van der Waals surface area contributed by atoms with Crippen molar-refractivity contribution in [2.75, 3.05) is 11.4 Å². The van der Waals surface area contributed by atoms with Gasteiger partial charge in [-0.3, -0.25) is 33.6 Å². The van der Waals surface area contributed by atoms with Crippen LogP contribution < -0.4 is 9.64 Å². The summed E-state index contributed by atoms with van der Waals surface area (Å²) >= 11 is 7.89. The lowest BCUT2D eigenvalue weighted by Gasteiger charge is -2.49. The van der Waals surface area contributed by atoms with Crippen LogP contribution in [0.15, 0.2) is 65.9 Å². The normalized spacial score (nSPS) is 26.6. The topological polar surface area (TPSA) is 159 Å². The van der Waals surface area contributed by atoms with Crippen molar-refractivity contribution < 1.29 is 38.9 Å². The standard InChI is InChI=1S/C43H41ClN4O8S/c1-21-28-17-24(44)8-13-33(28)57-38(21)31-19-34(46(3)45-31)48-40(53)30-18-29-26(10-11-27-36(29)41(54)47(39(27)52)14-6-4-5-7-35(50)51)37(43(30,2)42(48)55)23-15-22-16-25(49)9-12-32(22)56-20-23/h8-10,12-13,16-17,19-20,27,29-30,36-37,49H,4-7,11,14-15,18H2,1-3H3,(H,50,51)/t27-,29+,30-,36-,37-,43+/m0/s1. The number of hydrogen-bond donors (Lipinski definition) is 2. The van der Waals surface area contributed by atoms with Crippen molar-refractivity contribution in [2.45, 2.75) is 58.8 Å². The Morgan fingerprint density at radius 2 is 1.84 bits per heavy atom. The summed E-state index contributed by atoms with van der Waals surface area (Å²) in [5.41, 5.74) is 2.67. The number of unbranched alkanes of at least 4 members (excludes halogenated alkanes) is 2. The molecule has 2 saturated heterocycles. The number of phenolic OH excluding ortho intramolecular Hbond substituents is 1. The summed E-state index contributed by atoms with van der Waals surface area (Å²) in [4.78, 5) is 72.8. The lowest BCUT2D eigenvalue weighted by atomic mass is 9.51. The first-order valence-electron chi connectivity index (χ1n) is 19.3. The molecular formula is C43H41ClN4O8S. The second kappa shape index (κ2) is 13.7. The van der Waals surface area contributed by atoms with Crippen LogP contribution in [0, 0.1) is 41.9 Å². The molecule has 3 aliphatic heterocycles. The van der Waals surface area contributed by atoms with Crippen molar-refractivity contribution in [3.63, 3.8) is 0 Å². The van der Waals surface area contributed by atoms with Crippen LogP contribution in [-0.2, 0) is 37.4 Å². The molecular weight excluding hydrogens is 768 g/mol. The molecule has 5 heterocycles. The molecule has 294 valence electrons. The van der Waals surface area contributed by atoms with Crippen LogP contribution in [0.1, 0.15) is 56.6 Å². The first kappa shape index (κ1) is 37.3. The lowest BCUT2D eigenvalue weighted by Crippen LogP contribution is -2.51. The Bertz CT molecular complexity index is 2500. The van der Waals surface area contributed by atoms with Crippen LogP contribution in [0.2, 0.25) is 5.02 Å². The van der Waals surface area contributed by atoms with Gasteiger partial charge < -0.3 is 14.9 Å². The second-order valence-corrected chi connectivity index (χ2v) is 17.7. The predicted octanol–water partition coefficient (Wildman–Crippen LogP) is 7.20. The quantitative estimate of drug-likeness (QED) is 0.101. The maximum atomic E-state index is 15.2. The summed E-state index contributed by atoms with van der Waals surface area (Å²) < 4.78 is 8.73. The zero-order chi connectivity index (χ0) is 40.1. The Hall–Kier alpha value is -5.27. The minimum absolute atomic E-state index is 0.0254. The fourth-order valence-corrected chi connectivity index (χ4v) is 11.6. The molecule has 4 aromatic rings.